The molecule has 0 spiro atoms. The van der Waals surface area contributed by atoms with Crippen molar-refractivity contribution in [3.05, 3.63) is 45.2 Å². The molecule has 7 heteroatoms. The van der Waals surface area contributed by atoms with Crippen molar-refractivity contribution < 1.29 is 0 Å². The van der Waals surface area contributed by atoms with E-state index in [1.165, 1.54) is 0 Å². The smallest absolute Gasteiger partial charge is 0.169 e. The topological polar surface area (TPSA) is 83.7 Å². The van der Waals surface area contributed by atoms with Crippen molar-refractivity contribution in [1.82, 2.24) is 16.0 Å². The van der Waals surface area contributed by atoms with Gasteiger partial charge in [-0.25, -0.2) is 0 Å². The number of nitriles is 2. The molecular weight excluding hydrogens is 357 g/mol. The Labute approximate surface area is 158 Å². The van der Waals surface area contributed by atoms with Gasteiger partial charge in [-0.2, -0.15) is 10.5 Å². The van der Waals surface area contributed by atoms with Crippen LogP contribution in [-0.2, 0) is 6.42 Å². The summed E-state index contributed by atoms with van der Waals surface area (Å²) in [5, 5.41) is 29.1. The zero-order valence-electron chi connectivity index (χ0n) is 14.1. The zero-order valence-corrected chi connectivity index (χ0v) is 15.6. The Morgan fingerprint density at radius 2 is 2.08 bits per heavy atom. The number of rotatable bonds is 6. The summed E-state index contributed by atoms with van der Waals surface area (Å²) in [5.41, 5.74) is 1.11. The lowest BCUT2D eigenvalue weighted by Gasteiger charge is -2.33. The summed E-state index contributed by atoms with van der Waals surface area (Å²) >= 11 is 12.1. The molecule has 2 rings (SSSR count). The van der Waals surface area contributed by atoms with E-state index in [1.54, 1.807) is 13.1 Å². The van der Waals surface area contributed by atoms with Crippen LogP contribution in [0.3, 0.4) is 0 Å². The molecule has 0 amide bonds. The second-order valence-corrected chi connectivity index (χ2v) is 6.85. The van der Waals surface area contributed by atoms with Gasteiger partial charge in [-0.1, -0.05) is 29.3 Å². The molecule has 0 radical (unpaired) electrons. The standard InChI is InChI=1S/C18H21Cl2N5/c1-23-18(14(9-21)10-22)25-17(13-3-2-6-24-11-13)8-12-4-5-15(19)16(20)7-12/h4-5,7,13,17,23-25H,2-3,6,8,11H2,1H3. The van der Waals surface area contributed by atoms with Gasteiger partial charge in [0.25, 0.3) is 0 Å². The summed E-state index contributed by atoms with van der Waals surface area (Å²) in [6, 6.07) is 9.54. The van der Waals surface area contributed by atoms with Crippen molar-refractivity contribution >= 4 is 23.2 Å². The van der Waals surface area contributed by atoms with E-state index in [1.807, 2.05) is 24.3 Å². The van der Waals surface area contributed by atoms with E-state index in [9.17, 15) is 0 Å². The van der Waals surface area contributed by atoms with E-state index in [0.29, 0.717) is 21.8 Å². The minimum absolute atomic E-state index is 0.0467. The highest BCUT2D eigenvalue weighted by Crippen LogP contribution is 2.25. The van der Waals surface area contributed by atoms with Crippen LogP contribution in [0.25, 0.3) is 0 Å². The molecule has 1 aromatic carbocycles. The summed E-state index contributed by atoms with van der Waals surface area (Å²) in [4.78, 5) is 0. The van der Waals surface area contributed by atoms with Crippen LogP contribution >= 0.6 is 23.2 Å². The first-order chi connectivity index (χ1) is 12.1. The molecule has 0 aromatic heterocycles. The number of hydrogen-bond acceptors (Lipinski definition) is 5. The summed E-state index contributed by atoms with van der Waals surface area (Å²) in [7, 11) is 1.70. The Balaban J connectivity index is 2.26. The highest BCUT2D eigenvalue weighted by molar-refractivity contribution is 6.42. The lowest BCUT2D eigenvalue weighted by molar-refractivity contribution is 0.291. The SMILES string of the molecule is CNC(NC(Cc1ccc(Cl)c(Cl)c1)C1CCCNC1)=C(C#N)C#N. The number of hydrogen-bond donors (Lipinski definition) is 3. The largest absolute Gasteiger partial charge is 0.373 e. The molecule has 132 valence electrons. The van der Waals surface area contributed by atoms with Crippen LogP contribution < -0.4 is 16.0 Å². The van der Waals surface area contributed by atoms with Gasteiger partial charge in [0.1, 0.15) is 18.0 Å². The molecule has 0 saturated carbocycles. The maximum atomic E-state index is 9.15. The van der Waals surface area contributed by atoms with Gasteiger partial charge in [-0.05, 0) is 56.0 Å². The lowest BCUT2D eigenvalue weighted by atomic mass is 9.87. The van der Waals surface area contributed by atoms with Gasteiger partial charge >= 0.3 is 0 Å². The predicted octanol–water partition coefficient (Wildman–Crippen LogP) is 2.97. The van der Waals surface area contributed by atoms with Gasteiger partial charge in [0, 0.05) is 13.1 Å². The van der Waals surface area contributed by atoms with Crippen molar-refractivity contribution in [1.29, 1.82) is 10.5 Å². The molecule has 2 atom stereocenters. The summed E-state index contributed by atoms with van der Waals surface area (Å²) in [5.74, 6) is 0.839. The maximum absolute atomic E-state index is 9.15. The van der Waals surface area contributed by atoms with E-state index in [0.717, 1.165) is 37.9 Å². The van der Waals surface area contributed by atoms with E-state index >= 15 is 0 Å². The van der Waals surface area contributed by atoms with Gasteiger partial charge in [0.2, 0.25) is 0 Å². The molecule has 25 heavy (non-hydrogen) atoms. The minimum atomic E-state index is 0.0467. The predicted molar refractivity (Wildman–Crippen MR) is 100.0 cm³/mol. The van der Waals surface area contributed by atoms with Gasteiger partial charge in [0.05, 0.1) is 10.0 Å². The van der Waals surface area contributed by atoms with Crippen LogP contribution in [0.2, 0.25) is 10.0 Å². The quantitative estimate of drug-likeness (QED) is 0.663. The number of piperidine rings is 1. The summed E-state index contributed by atoms with van der Waals surface area (Å²) in [6.07, 6.45) is 2.90. The second kappa shape index (κ2) is 9.53. The van der Waals surface area contributed by atoms with Crippen LogP contribution in [0.5, 0.6) is 0 Å². The maximum Gasteiger partial charge on any atom is 0.169 e. The van der Waals surface area contributed by atoms with Crippen molar-refractivity contribution in [3.63, 3.8) is 0 Å². The molecule has 1 aliphatic rings. The molecule has 0 bridgehead atoms. The molecular formula is C18H21Cl2N5. The van der Waals surface area contributed by atoms with Crippen molar-refractivity contribution in [2.24, 2.45) is 5.92 Å². The van der Waals surface area contributed by atoms with Crippen LogP contribution in [0, 0.1) is 28.6 Å². The molecule has 1 saturated heterocycles. The molecule has 3 N–H and O–H groups in total. The molecule has 2 unspecified atom stereocenters. The summed E-state index contributed by atoms with van der Waals surface area (Å²) < 4.78 is 0. The fourth-order valence-corrected chi connectivity index (χ4v) is 3.39. The van der Waals surface area contributed by atoms with Crippen molar-refractivity contribution in [3.8, 4) is 12.1 Å². The van der Waals surface area contributed by atoms with Gasteiger partial charge in [-0.15, -0.1) is 0 Å². The van der Waals surface area contributed by atoms with Gasteiger partial charge in [0.15, 0.2) is 5.57 Å². The van der Waals surface area contributed by atoms with Crippen molar-refractivity contribution in [2.75, 3.05) is 20.1 Å². The first-order valence-corrected chi connectivity index (χ1v) is 8.98. The molecule has 5 nitrogen and oxygen atoms in total. The number of nitrogens with zero attached hydrogens (tertiary/aromatic N) is 2. The fourth-order valence-electron chi connectivity index (χ4n) is 3.07. The van der Waals surface area contributed by atoms with E-state index in [-0.39, 0.29) is 11.6 Å². The number of nitrogens with one attached hydrogen (secondary N) is 3. The number of benzene rings is 1. The first-order valence-electron chi connectivity index (χ1n) is 8.22. The third kappa shape index (κ3) is 5.28. The minimum Gasteiger partial charge on any atom is -0.373 e. The second-order valence-electron chi connectivity index (χ2n) is 6.03. The Kier molecular flexibility index (Phi) is 7.40. The molecule has 0 aliphatic carbocycles. The average molecular weight is 378 g/mol. The van der Waals surface area contributed by atoms with Gasteiger partial charge < -0.3 is 16.0 Å². The fraction of sp³-hybridized carbons (Fsp3) is 0.444. The third-order valence-electron chi connectivity index (χ3n) is 4.40. The van der Waals surface area contributed by atoms with Crippen molar-refractivity contribution in [2.45, 2.75) is 25.3 Å². The third-order valence-corrected chi connectivity index (χ3v) is 5.14. The Morgan fingerprint density at radius 1 is 1.32 bits per heavy atom. The molecule has 1 fully saturated rings. The molecule has 1 aromatic rings. The molecule has 1 aliphatic heterocycles. The number of allylic oxidation sites excluding steroid dienone is 1. The average Bonchev–Trinajstić information content (AvgIpc) is 2.64. The van der Waals surface area contributed by atoms with E-state index < -0.39 is 0 Å². The van der Waals surface area contributed by atoms with E-state index in [2.05, 4.69) is 16.0 Å². The normalized spacial score (nSPS) is 17.7. The van der Waals surface area contributed by atoms with Crippen LogP contribution in [-0.4, -0.2) is 26.2 Å². The van der Waals surface area contributed by atoms with E-state index in [4.69, 9.17) is 33.7 Å². The summed E-state index contributed by atoms with van der Waals surface area (Å²) in [6.45, 7) is 1.91. The Morgan fingerprint density at radius 3 is 2.64 bits per heavy atom. The lowest BCUT2D eigenvalue weighted by Crippen LogP contribution is -2.46. The highest BCUT2D eigenvalue weighted by atomic mass is 35.5. The van der Waals surface area contributed by atoms with Crippen LogP contribution in [0.1, 0.15) is 18.4 Å². The number of halogens is 2. The zero-order chi connectivity index (χ0) is 18.2. The Hall–Kier alpha value is -1.92. The highest BCUT2D eigenvalue weighted by Gasteiger charge is 2.25. The monoisotopic (exact) mass is 377 g/mol. The molecule has 1 heterocycles. The van der Waals surface area contributed by atoms with Crippen LogP contribution in [0.15, 0.2) is 29.6 Å². The van der Waals surface area contributed by atoms with Crippen LogP contribution in [0.4, 0.5) is 0 Å². The first kappa shape index (κ1) is 19.4. The Bertz CT molecular complexity index is 695. The van der Waals surface area contributed by atoms with Gasteiger partial charge in [-0.3, -0.25) is 0 Å².